The molecule has 3 heterocycles. The Hall–Kier alpha value is -4.33. The van der Waals surface area contributed by atoms with Crippen LogP contribution in [0.15, 0.2) is 79.1 Å². The number of aromatic nitrogens is 7. The summed E-state index contributed by atoms with van der Waals surface area (Å²) < 4.78 is 19.1. The summed E-state index contributed by atoms with van der Waals surface area (Å²) >= 11 is 0. The third-order valence-corrected chi connectivity index (χ3v) is 5.39. The SMILES string of the molecule is Fc1c(-c2ccnn2Cc2ccccc2)ccc2nnn(-c3ccc4cn[nH]c4c3)c12. The van der Waals surface area contributed by atoms with Crippen LogP contribution in [0.1, 0.15) is 5.56 Å². The standard InChI is InChI=1S/C23H16FN7/c24-22-18(21-10-11-26-30(21)14-15-4-2-1-3-5-15)8-9-19-23(22)31(29-28-19)17-7-6-16-13-25-27-20(16)12-17/h1-13H,14H2,(H,25,27). The minimum absolute atomic E-state index is 0.323. The van der Waals surface area contributed by atoms with Gasteiger partial charge in [0.1, 0.15) is 11.0 Å². The predicted octanol–water partition coefficient (Wildman–Crippen LogP) is 4.35. The van der Waals surface area contributed by atoms with E-state index in [4.69, 9.17) is 0 Å². The number of fused-ring (bicyclic) bond motifs is 2. The molecule has 0 unspecified atom stereocenters. The molecule has 3 aromatic heterocycles. The molecular formula is C23H16FN7. The largest absolute Gasteiger partial charge is 0.278 e. The van der Waals surface area contributed by atoms with Gasteiger partial charge in [-0.25, -0.2) is 9.07 Å². The summed E-state index contributed by atoms with van der Waals surface area (Å²) in [5.41, 5.74) is 4.59. The van der Waals surface area contributed by atoms with Gasteiger partial charge in [-0.05, 0) is 42.0 Å². The van der Waals surface area contributed by atoms with E-state index in [0.29, 0.717) is 34.5 Å². The summed E-state index contributed by atoms with van der Waals surface area (Å²) in [5, 5.41) is 20.7. The molecule has 0 saturated carbocycles. The molecule has 0 aliphatic carbocycles. The first-order chi connectivity index (χ1) is 15.3. The highest BCUT2D eigenvalue weighted by molar-refractivity contribution is 5.85. The molecule has 3 aromatic carbocycles. The number of hydrogen-bond acceptors (Lipinski definition) is 4. The Morgan fingerprint density at radius 2 is 1.87 bits per heavy atom. The highest BCUT2D eigenvalue weighted by Gasteiger charge is 2.19. The van der Waals surface area contributed by atoms with Crippen LogP contribution in [0, 0.1) is 5.82 Å². The Labute approximate surface area is 175 Å². The molecule has 8 heteroatoms. The molecule has 0 atom stereocenters. The molecule has 0 aliphatic rings. The lowest BCUT2D eigenvalue weighted by molar-refractivity contribution is 0.627. The third-order valence-electron chi connectivity index (χ3n) is 5.39. The fourth-order valence-corrected chi connectivity index (χ4v) is 3.85. The second-order valence-corrected chi connectivity index (χ2v) is 7.30. The van der Waals surface area contributed by atoms with E-state index < -0.39 is 0 Å². The minimum Gasteiger partial charge on any atom is -0.278 e. The van der Waals surface area contributed by atoms with Crippen molar-refractivity contribution < 1.29 is 4.39 Å². The molecule has 31 heavy (non-hydrogen) atoms. The Bertz CT molecular complexity index is 1530. The van der Waals surface area contributed by atoms with Crippen LogP contribution in [0.5, 0.6) is 0 Å². The van der Waals surface area contributed by atoms with Gasteiger partial charge in [0.15, 0.2) is 5.82 Å². The van der Waals surface area contributed by atoms with Crippen molar-refractivity contribution in [2.24, 2.45) is 0 Å². The lowest BCUT2D eigenvalue weighted by atomic mass is 10.1. The Morgan fingerprint density at radius 3 is 2.77 bits per heavy atom. The average Bonchev–Trinajstić information content (AvgIpc) is 3.54. The minimum atomic E-state index is -0.387. The van der Waals surface area contributed by atoms with E-state index in [2.05, 4.69) is 25.6 Å². The molecule has 0 bridgehead atoms. The van der Waals surface area contributed by atoms with Gasteiger partial charge in [-0.2, -0.15) is 10.2 Å². The Balaban J connectivity index is 1.48. The normalized spacial score (nSPS) is 11.5. The maximum absolute atomic E-state index is 15.8. The number of benzene rings is 3. The van der Waals surface area contributed by atoms with Crippen LogP contribution in [0.3, 0.4) is 0 Å². The van der Waals surface area contributed by atoms with Crippen LogP contribution in [0.25, 0.3) is 38.9 Å². The summed E-state index contributed by atoms with van der Waals surface area (Å²) in [5.74, 6) is -0.387. The maximum atomic E-state index is 15.8. The second-order valence-electron chi connectivity index (χ2n) is 7.30. The van der Waals surface area contributed by atoms with Crippen molar-refractivity contribution >= 4 is 21.9 Å². The second kappa shape index (κ2) is 6.88. The zero-order valence-corrected chi connectivity index (χ0v) is 16.3. The van der Waals surface area contributed by atoms with Gasteiger partial charge in [0.05, 0.1) is 29.6 Å². The van der Waals surface area contributed by atoms with Crippen LogP contribution >= 0.6 is 0 Å². The lowest BCUT2D eigenvalue weighted by Gasteiger charge is -2.10. The highest BCUT2D eigenvalue weighted by atomic mass is 19.1. The Kier molecular flexibility index (Phi) is 3.89. The van der Waals surface area contributed by atoms with Crippen LogP contribution < -0.4 is 0 Å². The van der Waals surface area contributed by atoms with Crippen molar-refractivity contribution in [1.29, 1.82) is 0 Å². The van der Waals surface area contributed by atoms with E-state index in [0.717, 1.165) is 16.5 Å². The fraction of sp³-hybridized carbons (Fsp3) is 0.0435. The van der Waals surface area contributed by atoms with E-state index in [1.54, 1.807) is 29.2 Å². The van der Waals surface area contributed by atoms with Gasteiger partial charge in [0.25, 0.3) is 0 Å². The van der Waals surface area contributed by atoms with E-state index in [-0.39, 0.29) is 5.82 Å². The first-order valence-electron chi connectivity index (χ1n) is 9.81. The number of nitrogens with one attached hydrogen (secondary N) is 1. The number of halogens is 1. The van der Waals surface area contributed by atoms with Gasteiger partial charge in [-0.15, -0.1) is 5.10 Å². The number of hydrogen-bond donors (Lipinski definition) is 1. The van der Waals surface area contributed by atoms with Crippen molar-refractivity contribution in [2.45, 2.75) is 6.54 Å². The van der Waals surface area contributed by atoms with Crippen molar-refractivity contribution in [2.75, 3.05) is 0 Å². The topological polar surface area (TPSA) is 77.2 Å². The monoisotopic (exact) mass is 409 g/mol. The summed E-state index contributed by atoms with van der Waals surface area (Å²) in [4.78, 5) is 0. The molecule has 0 amide bonds. The first kappa shape index (κ1) is 17.5. The van der Waals surface area contributed by atoms with Crippen LogP contribution in [-0.2, 0) is 6.54 Å². The zero-order chi connectivity index (χ0) is 20.8. The molecule has 150 valence electrons. The van der Waals surface area contributed by atoms with Gasteiger partial charge in [-0.3, -0.25) is 9.78 Å². The molecule has 1 N–H and O–H groups in total. The van der Waals surface area contributed by atoms with E-state index in [1.807, 2.05) is 54.6 Å². The highest BCUT2D eigenvalue weighted by Crippen LogP contribution is 2.30. The molecule has 0 saturated heterocycles. The quantitative estimate of drug-likeness (QED) is 0.470. The molecule has 0 aliphatic heterocycles. The van der Waals surface area contributed by atoms with E-state index >= 15 is 4.39 Å². The van der Waals surface area contributed by atoms with Crippen molar-refractivity contribution in [1.82, 2.24) is 35.0 Å². The van der Waals surface area contributed by atoms with Gasteiger partial charge >= 0.3 is 0 Å². The number of aromatic amines is 1. The van der Waals surface area contributed by atoms with Crippen LogP contribution in [0.4, 0.5) is 4.39 Å². The van der Waals surface area contributed by atoms with Gasteiger partial charge < -0.3 is 0 Å². The smallest absolute Gasteiger partial charge is 0.160 e. The van der Waals surface area contributed by atoms with Gasteiger partial charge in [0.2, 0.25) is 0 Å². The molecule has 0 radical (unpaired) electrons. The summed E-state index contributed by atoms with van der Waals surface area (Å²) in [6, 6.07) is 21.0. The van der Waals surface area contributed by atoms with Crippen molar-refractivity contribution in [3.05, 3.63) is 90.5 Å². The van der Waals surface area contributed by atoms with Crippen LogP contribution in [-0.4, -0.2) is 35.0 Å². The summed E-state index contributed by atoms with van der Waals surface area (Å²) in [7, 11) is 0. The molecule has 7 nitrogen and oxygen atoms in total. The molecular weight excluding hydrogens is 393 g/mol. The Morgan fingerprint density at radius 1 is 0.968 bits per heavy atom. The van der Waals surface area contributed by atoms with Crippen molar-refractivity contribution in [3.63, 3.8) is 0 Å². The molecule has 6 rings (SSSR count). The number of nitrogens with zero attached hydrogens (tertiary/aromatic N) is 6. The van der Waals surface area contributed by atoms with Crippen molar-refractivity contribution in [3.8, 4) is 16.9 Å². The van der Waals surface area contributed by atoms with Gasteiger partial charge in [0, 0.05) is 17.1 Å². The fourth-order valence-electron chi connectivity index (χ4n) is 3.85. The molecule has 0 fully saturated rings. The maximum Gasteiger partial charge on any atom is 0.160 e. The first-order valence-corrected chi connectivity index (χ1v) is 9.81. The molecule has 6 aromatic rings. The van der Waals surface area contributed by atoms with Crippen LogP contribution in [0.2, 0.25) is 0 Å². The van der Waals surface area contributed by atoms with E-state index in [9.17, 15) is 0 Å². The van der Waals surface area contributed by atoms with E-state index in [1.165, 1.54) is 4.68 Å². The lowest BCUT2D eigenvalue weighted by Crippen LogP contribution is -2.05. The summed E-state index contributed by atoms with van der Waals surface area (Å²) in [6.07, 6.45) is 3.43. The number of H-pyrrole nitrogens is 1. The summed E-state index contributed by atoms with van der Waals surface area (Å²) in [6.45, 7) is 0.550. The molecule has 0 spiro atoms. The third kappa shape index (κ3) is 2.88. The van der Waals surface area contributed by atoms with Gasteiger partial charge in [-0.1, -0.05) is 35.5 Å². The number of rotatable bonds is 4. The average molecular weight is 409 g/mol. The zero-order valence-electron chi connectivity index (χ0n) is 16.3. The predicted molar refractivity (Wildman–Crippen MR) is 115 cm³/mol.